The van der Waals surface area contributed by atoms with E-state index in [1.807, 2.05) is 30.3 Å². The fourth-order valence-electron chi connectivity index (χ4n) is 2.67. The summed E-state index contributed by atoms with van der Waals surface area (Å²) < 4.78 is 10.5. The molecule has 1 aromatic heterocycles. The van der Waals surface area contributed by atoms with E-state index in [9.17, 15) is 9.59 Å². The summed E-state index contributed by atoms with van der Waals surface area (Å²) in [5, 5.41) is 15.5. The normalized spacial score (nSPS) is 21.0. The molecule has 0 radical (unpaired) electrons. The minimum Gasteiger partial charge on any atom is -0.479 e. The summed E-state index contributed by atoms with van der Waals surface area (Å²) in [4.78, 5) is 27.4. The number of amides is 1. The predicted octanol–water partition coefficient (Wildman–Crippen LogP) is 1.47. The molecule has 132 valence electrons. The smallest absolute Gasteiger partial charge is 0.332 e. The number of nitrogens with zero attached hydrogens (tertiary/aromatic N) is 2. The standard InChI is InChI=1S/C17H19N3O5/c1-10(18-16(21)12-7-8-13(24-12)17(22)23)15-19-14(25-20-15)9-11-5-3-2-4-6-11/h2-6,10,12-13H,7-9H2,1H3,(H,18,21)(H,22,23)/t10?,12-,13+/m0/s1. The number of rotatable bonds is 6. The molecule has 1 saturated heterocycles. The Hall–Kier alpha value is -2.74. The van der Waals surface area contributed by atoms with Gasteiger partial charge in [0, 0.05) is 0 Å². The third-order valence-electron chi connectivity index (χ3n) is 4.02. The molecule has 3 atom stereocenters. The number of hydrogen-bond donors (Lipinski definition) is 2. The van der Waals surface area contributed by atoms with Gasteiger partial charge in [-0.15, -0.1) is 0 Å². The van der Waals surface area contributed by atoms with Gasteiger partial charge in [0.1, 0.15) is 6.10 Å². The molecule has 3 rings (SSSR count). The lowest BCUT2D eigenvalue weighted by atomic mass is 10.1. The molecule has 1 aromatic carbocycles. The van der Waals surface area contributed by atoms with Gasteiger partial charge in [0.2, 0.25) is 11.8 Å². The van der Waals surface area contributed by atoms with Crippen LogP contribution >= 0.6 is 0 Å². The van der Waals surface area contributed by atoms with E-state index in [2.05, 4.69) is 15.5 Å². The minimum atomic E-state index is -1.05. The van der Waals surface area contributed by atoms with Gasteiger partial charge in [-0.25, -0.2) is 4.79 Å². The first-order valence-electron chi connectivity index (χ1n) is 8.08. The van der Waals surface area contributed by atoms with Crippen LogP contribution in [0.15, 0.2) is 34.9 Å². The summed E-state index contributed by atoms with van der Waals surface area (Å²) in [5.41, 5.74) is 1.05. The molecule has 8 nitrogen and oxygen atoms in total. The largest absolute Gasteiger partial charge is 0.479 e. The van der Waals surface area contributed by atoms with Crippen LogP contribution < -0.4 is 5.32 Å². The molecule has 25 heavy (non-hydrogen) atoms. The number of benzene rings is 1. The highest BCUT2D eigenvalue weighted by Crippen LogP contribution is 2.21. The van der Waals surface area contributed by atoms with Gasteiger partial charge < -0.3 is 19.7 Å². The second-order valence-electron chi connectivity index (χ2n) is 5.97. The molecular weight excluding hydrogens is 326 g/mol. The highest BCUT2D eigenvalue weighted by Gasteiger charge is 2.35. The summed E-state index contributed by atoms with van der Waals surface area (Å²) in [6, 6.07) is 9.26. The van der Waals surface area contributed by atoms with Crippen LogP contribution in [-0.4, -0.2) is 39.3 Å². The quantitative estimate of drug-likeness (QED) is 0.814. The van der Waals surface area contributed by atoms with Crippen molar-refractivity contribution < 1.29 is 24.0 Å². The topological polar surface area (TPSA) is 115 Å². The van der Waals surface area contributed by atoms with Crippen LogP contribution in [0.3, 0.4) is 0 Å². The molecule has 0 spiro atoms. The summed E-state index contributed by atoms with van der Waals surface area (Å²) in [7, 11) is 0. The second-order valence-corrected chi connectivity index (χ2v) is 5.97. The number of hydrogen-bond acceptors (Lipinski definition) is 6. The van der Waals surface area contributed by atoms with Crippen LogP contribution in [0, 0.1) is 0 Å². The van der Waals surface area contributed by atoms with Crippen LogP contribution in [0.5, 0.6) is 0 Å². The maximum atomic E-state index is 12.2. The van der Waals surface area contributed by atoms with Crippen molar-refractivity contribution in [2.75, 3.05) is 0 Å². The van der Waals surface area contributed by atoms with E-state index in [0.29, 0.717) is 31.0 Å². The molecule has 0 aliphatic carbocycles. The molecule has 2 aromatic rings. The number of aromatic nitrogens is 2. The summed E-state index contributed by atoms with van der Waals surface area (Å²) >= 11 is 0. The van der Waals surface area contributed by atoms with Gasteiger partial charge in [-0.3, -0.25) is 4.79 Å². The summed E-state index contributed by atoms with van der Waals surface area (Å²) in [6.45, 7) is 1.73. The first kappa shape index (κ1) is 17.1. The fourth-order valence-corrected chi connectivity index (χ4v) is 2.67. The van der Waals surface area contributed by atoms with Crippen LogP contribution in [-0.2, 0) is 20.7 Å². The van der Waals surface area contributed by atoms with Crippen molar-refractivity contribution in [1.29, 1.82) is 0 Å². The van der Waals surface area contributed by atoms with Crippen LogP contribution in [0.2, 0.25) is 0 Å². The van der Waals surface area contributed by atoms with Gasteiger partial charge in [-0.2, -0.15) is 4.98 Å². The number of carbonyl (C=O) groups excluding carboxylic acids is 1. The zero-order valence-electron chi connectivity index (χ0n) is 13.7. The lowest BCUT2D eigenvalue weighted by molar-refractivity contribution is -0.151. The Kier molecular flexibility index (Phi) is 5.08. The monoisotopic (exact) mass is 345 g/mol. The maximum absolute atomic E-state index is 12.2. The van der Waals surface area contributed by atoms with Crippen molar-refractivity contribution in [3.63, 3.8) is 0 Å². The Morgan fingerprint density at radius 2 is 2.00 bits per heavy atom. The maximum Gasteiger partial charge on any atom is 0.332 e. The van der Waals surface area contributed by atoms with Gasteiger partial charge in [0.05, 0.1) is 12.5 Å². The third-order valence-corrected chi connectivity index (χ3v) is 4.02. The SMILES string of the molecule is CC(NC(=O)[C@@H]1CC[C@H](C(=O)O)O1)c1noc(Cc2ccccc2)n1. The van der Waals surface area contributed by atoms with E-state index in [4.69, 9.17) is 14.4 Å². The van der Waals surface area contributed by atoms with Gasteiger partial charge in [0.25, 0.3) is 0 Å². The highest BCUT2D eigenvalue weighted by molar-refractivity contribution is 5.82. The van der Waals surface area contributed by atoms with Gasteiger partial charge >= 0.3 is 5.97 Å². The molecule has 1 aliphatic rings. The van der Waals surface area contributed by atoms with Crippen molar-refractivity contribution in [2.24, 2.45) is 0 Å². The first-order valence-corrected chi connectivity index (χ1v) is 8.08. The summed E-state index contributed by atoms with van der Waals surface area (Å²) in [6.07, 6.45) is -0.472. The number of aliphatic carboxylic acids is 1. The van der Waals surface area contributed by atoms with Crippen LogP contribution in [0.25, 0.3) is 0 Å². The molecule has 0 saturated carbocycles. The zero-order chi connectivity index (χ0) is 17.8. The molecule has 1 aliphatic heterocycles. The average molecular weight is 345 g/mol. The molecule has 2 N–H and O–H groups in total. The van der Waals surface area contributed by atoms with Crippen molar-refractivity contribution in [1.82, 2.24) is 15.5 Å². The fraction of sp³-hybridized carbons (Fsp3) is 0.412. The van der Waals surface area contributed by atoms with Crippen LogP contribution in [0.4, 0.5) is 0 Å². The number of ether oxygens (including phenoxy) is 1. The van der Waals surface area contributed by atoms with E-state index >= 15 is 0 Å². The van der Waals surface area contributed by atoms with E-state index in [1.54, 1.807) is 6.92 Å². The molecule has 1 fully saturated rings. The van der Waals surface area contributed by atoms with E-state index in [-0.39, 0.29) is 5.91 Å². The first-order chi connectivity index (χ1) is 12.0. The number of carboxylic acids is 1. The second kappa shape index (κ2) is 7.43. The zero-order valence-corrected chi connectivity index (χ0v) is 13.7. The van der Waals surface area contributed by atoms with E-state index in [0.717, 1.165) is 5.56 Å². The van der Waals surface area contributed by atoms with Crippen molar-refractivity contribution in [2.45, 2.75) is 44.4 Å². The Bertz CT molecular complexity index is 746. The molecule has 0 bridgehead atoms. The number of carbonyl (C=O) groups is 2. The van der Waals surface area contributed by atoms with Crippen LogP contribution in [0.1, 0.15) is 43.1 Å². The Labute approximate surface area is 144 Å². The van der Waals surface area contributed by atoms with Gasteiger partial charge in [0.15, 0.2) is 11.9 Å². The molecule has 1 amide bonds. The van der Waals surface area contributed by atoms with Crippen molar-refractivity contribution >= 4 is 11.9 Å². The Balaban J connectivity index is 1.56. The van der Waals surface area contributed by atoms with E-state index < -0.39 is 24.2 Å². The number of carboxylic acid groups (broad SMARTS) is 1. The molecule has 8 heteroatoms. The Morgan fingerprint density at radius 3 is 2.68 bits per heavy atom. The van der Waals surface area contributed by atoms with Crippen molar-refractivity contribution in [3.8, 4) is 0 Å². The van der Waals surface area contributed by atoms with E-state index in [1.165, 1.54) is 0 Å². The van der Waals surface area contributed by atoms with Gasteiger partial charge in [-0.05, 0) is 25.3 Å². The van der Waals surface area contributed by atoms with Gasteiger partial charge in [-0.1, -0.05) is 35.5 Å². The third kappa shape index (κ3) is 4.21. The lowest BCUT2D eigenvalue weighted by Gasteiger charge is -2.14. The average Bonchev–Trinajstić information content (AvgIpc) is 3.25. The molecular formula is C17H19N3O5. The Morgan fingerprint density at radius 1 is 1.28 bits per heavy atom. The van der Waals surface area contributed by atoms with Crippen molar-refractivity contribution in [3.05, 3.63) is 47.6 Å². The minimum absolute atomic E-state index is 0.325. The molecule has 1 unspecified atom stereocenters. The highest BCUT2D eigenvalue weighted by atomic mass is 16.5. The summed E-state index contributed by atoms with van der Waals surface area (Å²) in [5.74, 6) is -0.588. The number of nitrogens with one attached hydrogen (secondary N) is 1. The predicted molar refractivity (Wildman–Crippen MR) is 85.6 cm³/mol. The molecule has 2 heterocycles. The lowest BCUT2D eigenvalue weighted by Crippen LogP contribution is -2.37.